The van der Waals surface area contributed by atoms with E-state index < -0.39 is 6.04 Å². The van der Waals surface area contributed by atoms with Crippen molar-refractivity contribution in [1.82, 2.24) is 0 Å². The first-order valence-corrected chi connectivity index (χ1v) is 6.24. The van der Waals surface area contributed by atoms with Crippen molar-refractivity contribution in [3.05, 3.63) is 12.7 Å². The molecule has 92 valence electrons. The summed E-state index contributed by atoms with van der Waals surface area (Å²) in [7, 11) is 0. The van der Waals surface area contributed by atoms with Gasteiger partial charge in [0.2, 0.25) is 0 Å². The highest BCUT2D eigenvalue weighted by molar-refractivity contribution is 5.75. The zero-order valence-electron chi connectivity index (χ0n) is 10.2. The molecule has 3 atom stereocenters. The third-order valence-corrected chi connectivity index (χ3v) is 3.32. The molecule has 0 aliphatic heterocycles. The van der Waals surface area contributed by atoms with Crippen LogP contribution >= 0.6 is 0 Å². The smallest absolute Gasteiger partial charge is 0.323 e. The van der Waals surface area contributed by atoms with Crippen LogP contribution in [0.2, 0.25) is 0 Å². The lowest BCUT2D eigenvalue weighted by atomic mass is 9.85. The fourth-order valence-corrected chi connectivity index (χ4v) is 2.25. The van der Waals surface area contributed by atoms with Crippen molar-refractivity contribution in [1.29, 1.82) is 0 Å². The molecule has 3 nitrogen and oxygen atoms in total. The third kappa shape index (κ3) is 3.97. The normalized spacial score (nSPS) is 27.1. The van der Waals surface area contributed by atoms with Crippen molar-refractivity contribution in [3.8, 4) is 0 Å². The van der Waals surface area contributed by atoms with Crippen LogP contribution in [0.5, 0.6) is 0 Å². The van der Waals surface area contributed by atoms with Crippen LogP contribution in [0.3, 0.4) is 0 Å². The minimum atomic E-state index is -0.542. The Labute approximate surface area is 98.0 Å². The van der Waals surface area contributed by atoms with Gasteiger partial charge in [-0.2, -0.15) is 0 Å². The Morgan fingerprint density at radius 3 is 3.00 bits per heavy atom. The maximum absolute atomic E-state index is 11.6. The van der Waals surface area contributed by atoms with E-state index >= 15 is 0 Å². The maximum Gasteiger partial charge on any atom is 0.323 e. The number of hydrogen-bond donors (Lipinski definition) is 1. The first-order valence-electron chi connectivity index (χ1n) is 6.24. The predicted molar refractivity (Wildman–Crippen MR) is 64.9 cm³/mol. The Morgan fingerprint density at radius 2 is 2.38 bits per heavy atom. The van der Waals surface area contributed by atoms with E-state index in [2.05, 4.69) is 13.5 Å². The van der Waals surface area contributed by atoms with Gasteiger partial charge in [0.05, 0.1) is 0 Å². The molecule has 2 N–H and O–H groups in total. The highest BCUT2D eigenvalue weighted by atomic mass is 16.5. The first kappa shape index (κ1) is 13.2. The zero-order valence-corrected chi connectivity index (χ0v) is 10.2. The largest absolute Gasteiger partial charge is 0.461 e. The molecule has 3 heteroatoms. The van der Waals surface area contributed by atoms with Gasteiger partial charge in [0.1, 0.15) is 12.1 Å². The molecule has 1 aliphatic rings. The van der Waals surface area contributed by atoms with Crippen molar-refractivity contribution in [2.75, 3.05) is 0 Å². The van der Waals surface area contributed by atoms with Crippen LogP contribution in [-0.2, 0) is 9.53 Å². The monoisotopic (exact) mass is 225 g/mol. The summed E-state index contributed by atoms with van der Waals surface area (Å²) in [4.78, 5) is 11.6. The van der Waals surface area contributed by atoms with Gasteiger partial charge in [-0.1, -0.05) is 25.8 Å². The van der Waals surface area contributed by atoms with E-state index in [0.717, 1.165) is 19.3 Å². The molecule has 0 aromatic heterocycles. The number of hydrogen-bond acceptors (Lipinski definition) is 3. The van der Waals surface area contributed by atoms with E-state index in [1.54, 1.807) is 6.08 Å². The van der Waals surface area contributed by atoms with Crippen LogP contribution in [0.1, 0.15) is 45.4 Å². The number of esters is 1. The van der Waals surface area contributed by atoms with Gasteiger partial charge >= 0.3 is 5.97 Å². The van der Waals surface area contributed by atoms with E-state index in [0.29, 0.717) is 12.3 Å². The van der Waals surface area contributed by atoms with Gasteiger partial charge < -0.3 is 10.5 Å². The Bertz CT molecular complexity index is 240. The second-order valence-electron chi connectivity index (χ2n) is 4.63. The van der Waals surface area contributed by atoms with Gasteiger partial charge in [0.15, 0.2) is 0 Å². The summed E-state index contributed by atoms with van der Waals surface area (Å²) < 4.78 is 5.43. The molecule has 1 saturated carbocycles. The van der Waals surface area contributed by atoms with Crippen molar-refractivity contribution in [2.45, 2.75) is 57.6 Å². The average Bonchev–Trinajstić information content (AvgIpc) is 2.29. The molecule has 0 heterocycles. The number of ether oxygens (including phenoxy) is 1. The van der Waals surface area contributed by atoms with Crippen LogP contribution in [0, 0.1) is 5.92 Å². The zero-order chi connectivity index (χ0) is 12.0. The highest BCUT2D eigenvalue weighted by Gasteiger charge is 2.25. The lowest BCUT2D eigenvalue weighted by Gasteiger charge is -2.28. The molecule has 0 saturated heterocycles. The van der Waals surface area contributed by atoms with Crippen molar-refractivity contribution >= 4 is 5.97 Å². The van der Waals surface area contributed by atoms with E-state index in [4.69, 9.17) is 10.5 Å². The lowest BCUT2D eigenvalue weighted by molar-refractivity contribution is -0.152. The van der Waals surface area contributed by atoms with E-state index in [1.165, 1.54) is 12.8 Å². The van der Waals surface area contributed by atoms with Gasteiger partial charge in [-0.25, -0.2) is 0 Å². The Morgan fingerprint density at radius 1 is 1.62 bits per heavy atom. The SMILES string of the molecule is C=CCC(N)C(=O)OC1CCCC(CC)C1. The highest BCUT2D eigenvalue weighted by Crippen LogP contribution is 2.28. The Hall–Kier alpha value is -0.830. The maximum atomic E-state index is 11.6. The topological polar surface area (TPSA) is 52.3 Å². The fraction of sp³-hybridized carbons (Fsp3) is 0.769. The van der Waals surface area contributed by atoms with Gasteiger partial charge in [-0.3, -0.25) is 4.79 Å². The third-order valence-electron chi connectivity index (χ3n) is 3.32. The molecule has 0 aromatic carbocycles. The summed E-state index contributed by atoms with van der Waals surface area (Å²) in [5.74, 6) is 0.434. The van der Waals surface area contributed by atoms with Crippen molar-refractivity contribution < 1.29 is 9.53 Å². The van der Waals surface area contributed by atoms with Gasteiger partial charge in [0.25, 0.3) is 0 Å². The van der Waals surface area contributed by atoms with E-state index in [1.807, 2.05) is 0 Å². The summed E-state index contributed by atoms with van der Waals surface area (Å²) in [6.07, 6.45) is 7.82. The molecule has 0 radical (unpaired) electrons. The minimum Gasteiger partial charge on any atom is -0.461 e. The lowest BCUT2D eigenvalue weighted by Crippen LogP contribution is -2.36. The molecule has 1 fully saturated rings. The van der Waals surface area contributed by atoms with Gasteiger partial charge in [0, 0.05) is 0 Å². The molecular formula is C13H23NO2. The number of nitrogens with two attached hydrogens (primary N) is 1. The molecular weight excluding hydrogens is 202 g/mol. The quantitative estimate of drug-likeness (QED) is 0.577. The van der Waals surface area contributed by atoms with Crippen LogP contribution in [0.4, 0.5) is 0 Å². The molecule has 3 unspecified atom stereocenters. The molecule has 0 aromatic rings. The number of carbonyl (C=O) groups excluding carboxylic acids is 1. The summed E-state index contributed by atoms with van der Waals surface area (Å²) in [5, 5.41) is 0. The molecule has 0 bridgehead atoms. The van der Waals surface area contributed by atoms with Crippen molar-refractivity contribution in [3.63, 3.8) is 0 Å². The van der Waals surface area contributed by atoms with E-state index in [-0.39, 0.29) is 12.1 Å². The standard InChI is InChI=1S/C13H23NO2/c1-3-6-12(14)13(15)16-11-8-5-7-10(4-2)9-11/h3,10-12H,1,4-9,14H2,2H3. The van der Waals surface area contributed by atoms with Crippen LogP contribution < -0.4 is 5.73 Å². The summed E-state index contributed by atoms with van der Waals surface area (Å²) in [6.45, 7) is 5.76. The molecule has 16 heavy (non-hydrogen) atoms. The van der Waals surface area contributed by atoms with Crippen molar-refractivity contribution in [2.24, 2.45) is 11.7 Å². The van der Waals surface area contributed by atoms with Gasteiger partial charge in [-0.05, 0) is 31.6 Å². The fourth-order valence-electron chi connectivity index (χ4n) is 2.25. The molecule has 0 amide bonds. The predicted octanol–water partition coefficient (Wildman–Crippen LogP) is 2.40. The van der Waals surface area contributed by atoms with Crippen LogP contribution in [-0.4, -0.2) is 18.1 Å². The minimum absolute atomic E-state index is 0.0852. The van der Waals surface area contributed by atoms with E-state index in [9.17, 15) is 4.79 Å². The average molecular weight is 225 g/mol. The summed E-state index contributed by atoms with van der Waals surface area (Å²) in [5.41, 5.74) is 5.67. The molecule has 1 rings (SSSR count). The second kappa shape index (κ2) is 6.69. The molecule has 1 aliphatic carbocycles. The van der Waals surface area contributed by atoms with Crippen LogP contribution in [0.25, 0.3) is 0 Å². The van der Waals surface area contributed by atoms with Crippen LogP contribution in [0.15, 0.2) is 12.7 Å². The number of carbonyl (C=O) groups is 1. The van der Waals surface area contributed by atoms with Gasteiger partial charge in [-0.15, -0.1) is 6.58 Å². The molecule has 0 spiro atoms. The number of rotatable bonds is 5. The second-order valence-corrected chi connectivity index (χ2v) is 4.63. The summed E-state index contributed by atoms with van der Waals surface area (Å²) >= 11 is 0. The Balaban J connectivity index is 2.35. The summed E-state index contributed by atoms with van der Waals surface area (Å²) in [6, 6.07) is -0.542. The Kier molecular flexibility index (Phi) is 5.53. The first-order chi connectivity index (χ1) is 7.67.